The first-order valence-corrected chi connectivity index (χ1v) is 9.98. The lowest BCUT2D eigenvalue weighted by Crippen LogP contribution is -2.48. The molecule has 0 saturated carbocycles. The first-order chi connectivity index (χ1) is 13.0. The van der Waals surface area contributed by atoms with E-state index in [1.54, 1.807) is 0 Å². The monoisotopic (exact) mass is 505 g/mol. The van der Waals surface area contributed by atoms with Crippen molar-refractivity contribution in [2.24, 2.45) is 7.05 Å². The molecule has 1 rings (SSSR count). The van der Waals surface area contributed by atoms with E-state index in [0.29, 0.717) is 4.13 Å². The first-order valence-electron chi connectivity index (χ1n) is 7.10. The van der Waals surface area contributed by atoms with Crippen molar-refractivity contribution in [1.82, 2.24) is 4.57 Å². The van der Waals surface area contributed by atoms with Crippen molar-refractivity contribution in [3.8, 4) is 0 Å². The van der Waals surface area contributed by atoms with Crippen LogP contribution in [0.5, 0.6) is 0 Å². The Kier molecular flexibility index (Phi) is 8.02. The highest BCUT2D eigenvalue weighted by Crippen LogP contribution is 2.47. The molecule has 19 heteroatoms. The van der Waals surface area contributed by atoms with E-state index in [1.165, 1.54) is 5.82 Å². The lowest BCUT2D eigenvalue weighted by Gasteiger charge is -2.31. The van der Waals surface area contributed by atoms with E-state index in [9.17, 15) is 60.7 Å². The molecule has 7 nitrogen and oxygen atoms in total. The van der Waals surface area contributed by atoms with Crippen molar-refractivity contribution >= 4 is 20.0 Å². The van der Waals surface area contributed by atoms with Crippen LogP contribution >= 0.6 is 0 Å². The Hall–Kier alpha value is -1.63. The van der Waals surface area contributed by atoms with Crippen LogP contribution in [0.3, 0.4) is 0 Å². The summed E-state index contributed by atoms with van der Waals surface area (Å²) in [6.45, 7) is 5.32. The summed E-state index contributed by atoms with van der Waals surface area (Å²) >= 11 is 0. The highest BCUT2D eigenvalue weighted by molar-refractivity contribution is 8.13. The van der Waals surface area contributed by atoms with Crippen molar-refractivity contribution in [2.75, 3.05) is 0 Å². The lowest BCUT2D eigenvalue weighted by atomic mass is 10.6. The first kappa shape index (κ1) is 28.4. The summed E-state index contributed by atoms with van der Waals surface area (Å²) in [7, 11) is -13.2. The van der Waals surface area contributed by atoms with Gasteiger partial charge in [-0.2, -0.15) is 43.9 Å². The molecule has 0 saturated heterocycles. The van der Waals surface area contributed by atoms with Crippen LogP contribution in [0.25, 0.3) is 4.13 Å². The van der Waals surface area contributed by atoms with Crippen molar-refractivity contribution in [3.05, 3.63) is 22.3 Å². The largest absolute Gasteiger partial charge is 0.467 e. The quantitative estimate of drug-likeness (QED) is 0.455. The standard InChI is InChI=1S/C7H13N2.C4F10NO4S2/c1-4-9-6-5-8(3)7(9)2;5-1(6,7)3(11,12)20(16,17)15-21(18,19)4(13,14)2(8,9)10/h5-6H,4H2,1-3H3;/q+1;-1. The van der Waals surface area contributed by atoms with E-state index in [-0.39, 0.29) is 0 Å². The van der Waals surface area contributed by atoms with Gasteiger partial charge in [-0.1, -0.05) is 0 Å². The number of imidazole rings is 1. The normalized spacial score (nSPS) is 14.3. The molecule has 0 atom stereocenters. The Bertz CT molecular complexity index is 895. The number of alkyl halides is 10. The summed E-state index contributed by atoms with van der Waals surface area (Å²) in [4.78, 5) is 0. The molecule has 30 heavy (non-hydrogen) atoms. The molecular formula is C11H13F10N3O4S2. The molecule has 0 amide bonds. The molecule has 0 N–H and O–H groups in total. The predicted molar refractivity (Wildman–Crippen MR) is 79.2 cm³/mol. The van der Waals surface area contributed by atoms with E-state index in [4.69, 9.17) is 0 Å². The second kappa shape index (κ2) is 8.48. The Labute approximate surface area is 163 Å². The van der Waals surface area contributed by atoms with Crippen LogP contribution in [0.1, 0.15) is 12.7 Å². The van der Waals surface area contributed by atoms with Gasteiger partial charge in [0.1, 0.15) is 12.4 Å². The molecule has 0 bridgehead atoms. The van der Waals surface area contributed by atoms with Crippen LogP contribution in [0.15, 0.2) is 12.4 Å². The zero-order valence-electron chi connectivity index (χ0n) is 14.9. The van der Waals surface area contributed by atoms with Gasteiger partial charge in [0.2, 0.25) is 0 Å². The molecule has 178 valence electrons. The number of aromatic nitrogens is 2. The average Bonchev–Trinajstić information content (AvgIpc) is 2.83. The highest BCUT2D eigenvalue weighted by atomic mass is 32.3. The van der Waals surface area contributed by atoms with Gasteiger partial charge in [0.25, 0.3) is 5.82 Å². The molecule has 1 aromatic heterocycles. The Morgan fingerprint density at radius 3 is 1.37 bits per heavy atom. The van der Waals surface area contributed by atoms with Crippen LogP contribution in [0.2, 0.25) is 0 Å². The number of sulfonamides is 2. The molecule has 1 aromatic rings. The molecule has 0 aliphatic rings. The third-order valence-corrected chi connectivity index (χ3v) is 6.57. The van der Waals surface area contributed by atoms with Crippen LogP contribution in [0.4, 0.5) is 43.9 Å². The molecule has 0 aliphatic carbocycles. The zero-order valence-corrected chi connectivity index (χ0v) is 16.6. The maximum absolute atomic E-state index is 12.3. The molecule has 0 unspecified atom stereocenters. The number of hydrogen-bond donors (Lipinski definition) is 0. The minimum absolute atomic E-state index is 0.422. The van der Waals surface area contributed by atoms with Crippen molar-refractivity contribution in [2.45, 2.75) is 43.3 Å². The van der Waals surface area contributed by atoms with E-state index in [1.807, 2.05) is 0 Å². The maximum Gasteiger partial charge on any atom is 0.467 e. The second-order valence-corrected chi connectivity index (χ2v) is 8.82. The fraction of sp³-hybridized carbons (Fsp3) is 0.727. The summed E-state index contributed by atoms with van der Waals surface area (Å²) < 4.78 is 165. The molecule has 1 heterocycles. The van der Waals surface area contributed by atoms with Crippen LogP contribution < -0.4 is 4.57 Å². The summed E-state index contributed by atoms with van der Waals surface area (Å²) in [5.74, 6) is 1.30. The topological polar surface area (TPSA) is 91.2 Å². The second-order valence-electron chi connectivity index (χ2n) is 5.30. The molecule has 0 fully saturated rings. The lowest BCUT2D eigenvalue weighted by molar-refractivity contribution is -0.677. The van der Waals surface area contributed by atoms with Crippen LogP contribution in [-0.2, 0) is 33.6 Å². The van der Waals surface area contributed by atoms with Gasteiger partial charge in [-0.05, 0) is 6.92 Å². The summed E-state index contributed by atoms with van der Waals surface area (Å²) in [5.41, 5.74) is 0. The average molecular weight is 505 g/mol. The van der Waals surface area contributed by atoms with E-state index in [2.05, 4.69) is 42.4 Å². The van der Waals surface area contributed by atoms with Gasteiger partial charge in [-0.15, -0.1) is 0 Å². The van der Waals surface area contributed by atoms with Gasteiger partial charge in [0, 0.05) is 6.92 Å². The van der Waals surface area contributed by atoms with E-state index >= 15 is 0 Å². The molecular weight excluding hydrogens is 492 g/mol. The Morgan fingerprint density at radius 1 is 0.867 bits per heavy atom. The van der Waals surface area contributed by atoms with Gasteiger partial charge < -0.3 is 4.13 Å². The summed E-state index contributed by atoms with van der Waals surface area (Å²) in [6.07, 6.45) is -9.84. The van der Waals surface area contributed by atoms with Gasteiger partial charge in [0.15, 0.2) is 20.0 Å². The van der Waals surface area contributed by atoms with Crippen LogP contribution in [0, 0.1) is 6.92 Å². The zero-order chi connectivity index (χ0) is 24.6. The molecule has 0 spiro atoms. The van der Waals surface area contributed by atoms with Crippen molar-refractivity contribution in [1.29, 1.82) is 0 Å². The van der Waals surface area contributed by atoms with Crippen molar-refractivity contribution in [3.63, 3.8) is 0 Å². The third kappa shape index (κ3) is 5.54. The van der Waals surface area contributed by atoms with Gasteiger partial charge in [-0.25, -0.2) is 26.0 Å². The maximum atomic E-state index is 12.3. The molecule has 0 aromatic carbocycles. The number of nitrogens with zero attached hydrogens (tertiary/aromatic N) is 3. The fourth-order valence-corrected chi connectivity index (χ4v) is 3.82. The summed E-state index contributed by atoms with van der Waals surface area (Å²) in [5, 5.41) is -14.0. The molecule has 0 radical (unpaired) electrons. The van der Waals surface area contributed by atoms with Gasteiger partial charge in [0.05, 0.1) is 13.6 Å². The number of aryl methyl sites for hydroxylation is 2. The van der Waals surface area contributed by atoms with Gasteiger partial charge in [-0.3, -0.25) is 0 Å². The Balaban J connectivity index is 0.000000769. The van der Waals surface area contributed by atoms with E-state index in [0.717, 1.165) is 6.54 Å². The fourth-order valence-electron chi connectivity index (χ4n) is 1.45. The smallest absolute Gasteiger partial charge is 0.425 e. The number of hydrogen-bond acceptors (Lipinski definition) is 4. The van der Waals surface area contributed by atoms with Crippen molar-refractivity contribution < 1.29 is 65.3 Å². The minimum Gasteiger partial charge on any atom is -0.425 e. The SMILES string of the molecule is CCn1cc[n+](C)c1C.O=S(=O)([N-]S(=O)(=O)C(F)(F)C(F)(F)F)C(F)(F)C(F)(F)F. The van der Waals surface area contributed by atoms with Crippen LogP contribution in [-0.4, -0.2) is 44.3 Å². The Morgan fingerprint density at radius 2 is 1.20 bits per heavy atom. The van der Waals surface area contributed by atoms with Gasteiger partial charge >= 0.3 is 22.9 Å². The number of halogens is 10. The number of rotatable bonds is 5. The highest BCUT2D eigenvalue weighted by Gasteiger charge is 2.68. The van der Waals surface area contributed by atoms with E-state index < -0.39 is 42.9 Å². The molecule has 0 aliphatic heterocycles. The minimum atomic E-state index is -7.62. The third-order valence-electron chi connectivity index (χ3n) is 3.24. The summed E-state index contributed by atoms with van der Waals surface area (Å²) in [6, 6.07) is 0. The predicted octanol–water partition coefficient (Wildman–Crippen LogP) is 2.97.